The first-order valence-corrected chi connectivity index (χ1v) is 8.73. The van der Waals surface area contributed by atoms with Gasteiger partial charge in [0.1, 0.15) is 5.82 Å². The van der Waals surface area contributed by atoms with Gasteiger partial charge in [-0.15, -0.1) is 11.6 Å². The second kappa shape index (κ2) is 4.47. The Hall–Kier alpha value is -0.560. The van der Waals surface area contributed by atoms with Gasteiger partial charge in [0.05, 0.1) is 5.38 Å². The zero-order chi connectivity index (χ0) is 14.8. The Kier molecular flexibility index (Phi) is 2.99. The van der Waals surface area contributed by atoms with Crippen LogP contribution >= 0.6 is 11.6 Å². The maximum atomic E-state index is 13.5. The highest BCUT2D eigenvalue weighted by Crippen LogP contribution is 2.69. The lowest BCUT2D eigenvalue weighted by Crippen LogP contribution is -2.52. The molecule has 0 spiro atoms. The Morgan fingerprint density at radius 1 is 1.19 bits per heavy atom. The molecule has 1 aromatic carbocycles. The third-order valence-electron chi connectivity index (χ3n) is 6.41. The molecule has 0 amide bonds. The van der Waals surface area contributed by atoms with E-state index >= 15 is 0 Å². The first kappa shape index (κ1) is 14.1. The average molecular weight is 307 g/mol. The molecule has 3 atom stereocenters. The first-order chi connectivity index (χ1) is 9.89. The largest absolute Gasteiger partial charge is 0.207 e. The van der Waals surface area contributed by atoms with Crippen molar-refractivity contribution in [2.24, 2.45) is 22.7 Å². The van der Waals surface area contributed by atoms with Crippen LogP contribution in [-0.4, -0.2) is 0 Å². The molecule has 4 fully saturated rings. The summed E-state index contributed by atoms with van der Waals surface area (Å²) in [5, 5.41) is 0.0435. The molecule has 21 heavy (non-hydrogen) atoms. The maximum absolute atomic E-state index is 13.5. The molecule has 1 aromatic rings. The van der Waals surface area contributed by atoms with E-state index in [-0.39, 0.29) is 16.6 Å². The Balaban J connectivity index is 1.70. The Labute approximate surface area is 132 Å². The molecule has 0 radical (unpaired) electrons. The predicted molar refractivity (Wildman–Crippen MR) is 85.0 cm³/mol. The number of benzene rings is 1. The molecule has 3 unspecified atom stereocenters. The smallest absolute Gasteiger partial charge is 0.126 e. The zero-order valence-electron chi connectivity index (χ0n) is 13.0. The Bertz CT molecular complexity index is 565. The van der Waals surface area contributed by atoms with Crippen LogP contribution in [0.3, 0.4) is 0 Å². The number of alkyl halides is 1. The molecule has 0 aromatic heterocycles. The van der Waals surface area contributed by atoms with Crippen molar-refractivity contribution < 1.29 is 4.39 Å². The number of rotatable bonds is 2. The summed E-state index contributed by atoms with van der Waals surface area (Å²) in [4.78, 5) is 0. The predicted octanol–water partition coefficient (Wildman–Crippen LogP) is 6.02. The van der Waals surface area contributed by atoms with Crippen molar-refractivity contribution in [3.63, 3.8) is 0 Å². The van der Waals surface area contributed by atoms with Gasteiger partial charge < -0.3 is 0 Å². The van der Waals surface area contributed by atoms with Crippen molar-refractivity contribution in [3.05, 3.63) is 35.1 Å². The van der Waals surface area contributed by atoms with Gasteiger partial charge in [-0.3, -0.25) is 0 Å². The number of aryl methyl sites for hydroxylation is 1. The van der Waals surface area contributed by atoms with Gasteiger partial charge in [-0.05, 0) is 85.3 Å². The second-order valence-corrected chi connectivity index (χ2v) is 8.94. The van der Waals surface area contributed by atoms with Crippen molar-refractivity contribution in [2.45, 2.75) is 57.7 Å². The van der Waals surface area contributed by atoms with E-state index in [1.54, 1.807) is 6.07 Å². The molecule has 4 aliphatic rings. The monoisotopic (exact) mass is 306 g/mol. The van der Waals surface area contributed by atoms with E-state index in [0.29, 0.717) is 11.0 Å². The maximum Gasteiger partial charge on any atom is 0.126 e. The lowest BCUT2D eigenvalue weighted by atomic mass is 9.43. The third-order valence-corrected chi connectivity index (χ3v) is 7.13. The van der Waals surface area contributed by atoms with Crippen LogP contribution in [-0.2, 0) is 0 Å². The van der Waals surface area contributed by atoms with E-state index in [1.807, 2.05) is 19.1 Å². The summed E-state index contributed by atoms with van der Waals surface area (Å²) in [5.41, 5.74) is 2.60. The minimum atomic E-state index is -0.125. The fourth-order valence-corrected chi connectivity index (χ4v) is 6.66. The summed E-state index contributed by atoms with van der Waals surface area (Å²) in [7, 11) is 0. The highest BCUT2D eigenvalue weighted by molar-refractivity contribution is 6.21. The van der Waals surface area contributed by atoms with Crippen molar-refractivity contribution in [2.75, 3.05) is 0 Å². The van der Waals surface area contributed by atoms with Gasteiger partial charge in [0.25, 0.3) is 0 Å². The molecular formula is C19H24ClF. The highest BCUT2D eigenvalue weighted by Gasteiger charge is 2.58. The molecule has 0 heterocycles. The summed E-state index contributed by atoms with van der Waals surface area (Å²) in [5.74, 6) is 1.62. The number of hydrogen-bond donors (Lipinski definition) is 0. The van der Waals surface area contributed by atoms with Gasteiger partial charge in [0.15, 0.2) is 0 Å². The zero-order valence-corrected chi connectivity index (χ0v) is 13.7. The van der Waals surface area contributed by atoms with Crippen molar-refractivity contribution in [1.29, 1.82) is 0 Å². The normalized spacial score (nSPS) is 42.3. The van der Waals surface area contributed by atoms with E-state index in [0.717, 1.165) is 17.4 Å². The average Bonchev–Trinajstić information content (AvgIpc) is 2.38. The molecule has 0 nitrogen and oxygen atoms in total. The van der Waals surface area contributed by atoms with E-state index < -0.39 is 0 Å². The molecule has 2 heteroatoms. The summed E-state index contributed by atoms with van der Waals surface area (Å²) >= 11 is 6.99. The molecule has 0 aliphatic heterocycles. The van der Waals surface area contributed by atoms with E-state index in [9.17, 15) is 4.39 Å². The Morgan fingerprint density at radius 2 is 1.86 bits per heavy atom. The quantitative estimate of drug-likeness (QED) is 0.586. The fourth-order valence-electron chi connectivity index (χ4n) is 6.27. The van der Waals surface area contributed by atoms with Crippen molar-refractivity contribution in [3.8, 4) is 0 Å². The van der Waals surface area contributed by atoms with Crippen LogP contribution in [0.1, 0.15) is 62.0 Å². The summed E-state index contributed by atoms with van der Waals surface area (Å²) in [6, 6.07) is 5.46. The molecule has 114 valence electrons. The van der Waals surface area contributed by atoms with Crippen LogP contribution in [0.2, 0.25) is 0 Å². The molecule has 4 saturated carbocycles. The van der Waals surface area contributed by atoms with Crippen LogP contribution in [0, 0.1) is 35.4 Å². The van der Waals surface area contributed by atoms with E-state index in [4.69, 9.17) is 11.6 Å². The van der Waals surface area contributed by atoms with Gasteiger partial charge in [0, 0.05) is 0 Å². The standard InChI is InChI=1S/C19H24ClF/c1-12-5-15(3-4-16(12)21)17(20)19-9-13-6-14(10-19)8-18(2,7-13)11-19/h3-5,13-14,17H,6-11H2,1-2H3. The van der Waals surface area contributed by atoms with Gasteiger partial charge in [-0.2, -0.15) is 0 Å². The lowest BCUT2D eigenvalue weighted by molar-refractivity contribution is -0.103. The van der Waals surface area contributed by atoms with Gasteiger partial charge in [-0.1, -0.05) is 19.1 Å². The first-order valence-electron chi connectivity index (χ1n) is 8.29. The number of halogens is 2. The summed E-state index contributed by atoms with van der Waals surface area (Å²) in [6.45, 7) is 4.31. The summed E-state index contributed by atoms with van der Waals surface area (Å²) in [6.07, 6.45) is 8.04. The fraction of sp³-hybridized carbons (Fsp3) is 0.684. The topological polar surface area (TPSA) is 0 Å². The molecular weight excluding hydrogens is 283 g/mol. The molecule has 4 aliphatic carbocycles. The molecule has 4 bridgehead atoms. The van der Waals surface area contributed by atoms with Crippen molar-refractivity contribution in [1.82, 2.24) is 0 Å². The number of hydrogen-bond acceptors (Lipinski definition) is 0. The van der Waals surface area contributed by atoms with Gasteiger partial charge in [-0.25, -0.2) is 4.39 Å². The third kappa shape index (κ3) is 2.15. The Morgan fingerprint density at radius 3 is 2.43 bits per heavy atom. The van der Waals surface area contributed by atoms with Crippen molar-refractivity contribution >= 4 is 11.6 Å². The van der Waals surface area contributed by atoms with Crippen LogP contribution < -0.4 is 0 Å². The molecule has 5 rings (SSSR count). The van der Waals surface area contributed by atoms with Crippen LogP contribution in [0.15, 0.2) is 18.2 Å². The van der Waals surface area contributed by atoms with Crippen LogP contribution in [0.25, 0.3) is 0 Å². The molecule has 0 N–H and O–H groups in total. The van der Waals surface area contributed by atoms with Gasteiger partial charge >= 0.3 is 0 Å². The van der Waals surface area contributed by atoms with E-state index in [2.05, 4.69) is 6.92 Å². The molecule has 0 saturated heterocycles. The van der Waals surface area contributed by atoms with Crippen LogP contribution in [0.5, 0.6) is 0 Å². The minimum Gasteiger partial charge on any atom is -0.207 e. The van der Waals surface area contributed by atoms with Crippen LogP contribution in [0.4, 0.5) is 4.39 Å². The van der Waals surface area contributed by atoms with Gasteiger partial charge in [0.2, 0.25) is 0 Å². The van der Waals surface area contributed by atoms with E-state index in [1.165, 1.54) is 38.5 Å². The highest BCUT2D eigenvalue weighted by atomic mass is 35.5. The SMILES string of the molecule is Cc1cc(C(Cl)C23CC4CC(CC(C)(C4)C2)C3)ccc1F. The summed E-state index contributed by atoms with van der Waals surface area (Å²) < 4.78 is 13.5. The second-order valence-electron chi connectivity index (χ2n) is 8.51. The minimum absolute atomic E-state index is 0.0435. The lowest BCUT2D eigenvalue weighted by Gasteiger charge is -2.62.